The fourth-order valence-corrected chi connectivity index (χ4v) is 1.32. The molecule has 0 aliphatic heterocycles. The molecule has 0 aromatic heterocycles. The van der Waals surface area contributed by atoms with Crippen LogP contribution in [0.2, 0.25) is 0 Å². The van der Waals surface area contributed by atoms with Gasteiger partial charge in [0, 0.05) is 6.42 Å². The molecule has 0 bridgehead atoms. The largest absolute Gasteiger partial charge is 0.480 e. The van der Waals surface area contributed by atoms with E-state index in [0.29, 0.717) is 5.56 Å². The highest BCUT2D eigenvalue weighted by Gasteiger charge is 2.15. The number of rotatable bonds is 3. The van der Waals surface area contributed by atoms with Crippen molar-refractivity contribution in [3.63, 3.8) is 0 Å². The molecular formula is C11H14FNO2. The summed E-state index contributed by atoms with van der Waals surface area (Å²) in [6.07, 6.45) is 0.0162. The van der Waals surface area contributed by atoms with Crippen molar-refractivity contribution < 1.29 is 14.3 Å². The molecule has 0 saturated carbocycles. The molecule has 1 aromatic carbocycles. The number of benzene rings is 1. The van der Waals surface area contributed by atoms with E-state index in [0.717, 1.165) is 11.1 Å². The number of carbonyl (C=O) groups is 1. The van der Waals surface area contributed by atoms with Crippen molar-refractivity contribution in [3.8, 4) is 0 Å². The molecule has 1 rings (SSSR count). The van der Waals surface area contributed by atoms with Gasteiger partial charge in [-0.15, -0.1) is 0 Å². The summed E-state index contributed by atoms with van der Waals surface area (Å²) in [4.78, 5) is 10.5. The first-order valence-electron chi connectivity index (χ1n) is 4.66. The summed E-state index contributed by atoms with van der Waals surface area (Å²) in [6, 6.07) is 1.99. The summed E-state index contributed by atoms with van der Waals surface area (Å²) in [5.41, 5.74) is 7.48. The fourth-order valence-electron chi connectivity index (χ4n) is 1.32. The van der Waals surface area contributed by atoms with E-state index in [1.807, 2.05) is 6.92 Å². The minimum absolute atomic E-state index is 0.0162. The molecule has 3 N–H and O–H groups in total. The molecule has 1 aromatic rings. The Bertz CT molecular complexity index is 390. The highest BCUT2D eigenvalue weighted by Crippen LogP contribution is 2.15. The minimum atomic E-state index is -1.12. The normalized spacial score (nSPS) is 12.5. The van der Waals surface area contributed by atoms with Crippen molar-refractivity contribution in [2.45, 2.75) is 26.3 Å². The Hall–Kier alpha value is -1.42. The lowest BCUT2D eigenvalue weighted by molar-refractivity contribution is -0.138. The predicted octanol–water partition coefficient (Wildman–Crippen LogP) is 1.40. The van der Waals surface area contributed by atoms with Gasteiger partial charge in [-0.2, -0.15) is 0 Å². The van der Waals surface area contributed by atoms with Crippen molar-refractivity contribution in [1.82, 2.24) is 0 Å². The number of hydrogen-bond acceptors (Lipinski definition) is 2. The maximum absolute atomic E-state index is 13.4. The molecule has 0 spiro atoms. The van der Waals surface area contributed by atoms with E-state index < -0.39 is 17.8 Å². The fraction of sp³-hybridized carbons (Fsp3) is 0.364. The van der Waals surface area contributed by atoms with Gasteiger partial charge in [0.15, 0.2) is 0 Å². The van der Waals surface area contributed by atoms with Crippen LogP contribution < -0.4 is 5.73 Å². The van der Waals surface area contributed by atoms with Crippen molar-refractivity contribution in [2.75, 3.05) is 0 Å². The molecule has 1 unspecified atom stereocenters. The van der Waals surface area contributed by atoms with Crippen molar-refractivity contribution >= 4 is 5.97 Å². The molecule has 3 nitrogen and oxygen atoms in total. The van der Waals surface area contributed by atoms with Crippen molar-refractivity contribution in [1.29, 1.82) is 0 Å². The number of aryl methyl sites for hydroxylation is 2. The number of carboxylic acids is 1. The summed E-state index contributed by atoms with van der Waals surface area (Å²) in [5, 5.41) is 8.61. The van der Waals surface area contributed by atoms with Gasteiger partial charge >= 0.3 is 5.97 Å². The molecule has 0 heterocycles. The molecular weight excluding hydrogens is 197 g/mol. The van der Waals surface area contributed by atoms with Gasteiger partial charge in [-0.25, -0.2) is 4.39 Å². The first kappa shape index (κ1) is 11.7. The van der Waals surface area contributed by atoms with E-state index in [4.69, 9.17) is 10.8 Å². The topological polar surface area (TPSA) is 63.3 Å². The molecule has 0 aliphatic rings. The van der Waals surface area contributed by atoms with Crippen LogP contribution in [0.4, 0.5) is 4.39 Å². The van der Waals surface area contributed by atoms with Crippen LogP contribution in [0.5, 0.6) is 0 Å². The highest BCUT2D eigenvalue weighted by molar-refractivity contribution is 5.73. The van der Waals surface area contributed by atoms with Crippen LogP contribution in [0.25, 0.3) is 0 Å². The molecule has 1 atom stereocenters. The van der Waals surface area contributed by atoms with Crippen LogP contribution in [0, 0.1) is 19.7 Å². The van der Waals surface area contributed by atoms with E-state index in [1.54, 1.807) is 13.0 Å². The summed E-state index contributed by atoms with van der Waals surface area (Å²) in [5.74, 6) is -1.51. The quantitative estimate of drug-likeness (QED) is 0.794. The lowest BCUT2D eigenvalue weighted by Gasteiger charge is -2.09. The van der Waals surface area contributed by atoms with Gasteiger partial charge in [-0.3, -0.25) is 4.79 Å². The maximum Gasteiger partial charge on any atom is 0.320 e. The van der Waals surface area contributed by atoms with Gasteiger partial charge in [0.25, 0.3) is 0 Å². The Morgan fingerprint density at radius 1 is 1.47 bits per heavy atom. The molecule has 0 radical (unpaired) electrons. The third kappa shape index (κ3) is 2.76. The molecule has 0 aliphatic carbocycles. The standard InChI is InChI=1S/C11H14FNO2/c1-6-3-8(5-10(13)11(14)15)9(12)4-7(6)2/h3-4,10H,5,13H2,1-2H3,(H,14,15). The highest BCUT2D eigenvalue weighted by atomic mass is 19.1. The van der Waals surface area contributed by atoms with E-state index in [2.05, 4.69) is 0 Å². The molecule has 0 fully saturated rings. The second kappa shape index (κ2) is 4.40. The van der Waals surface area contributed by atoms with Crippen LogP contribution in [-0.2, 0) is 11.2 Å². The Labute approximate surface area is 87.7 Å². The Morgan fingerprint density at radius 3 is 2.53 bits per heavy atom. The number of nitrogens with two attached hydrogens (primary N) is 1. The Balaban J connectivity index is 2.95. The molecule has 4 heteroatoms. The van der Waals surface area contributed by atoms with E-state index in [-0.39, 0.29) is 6.42 Å². The number of halogens is 1. The van der Waals surface area contributed by atoms with Crippen LogP contribution in [0.1, 0.15) is 16.7 Å². The monoisotopic (exact) mass is 211 g/mol. The molecule has 0 saturated heterocycles. The Kier molecular flexibility index (Phi) is 3.42. The molecule has 82 valence electrons. The predicted molar refractivity (Wildman–Crippen MR) is 55.2 cm³/mol. The van der Waals surface area contributed by atoms with Crippen LogP contribution >= 0.6 is 0 Å². The van der Waals surface area contributed by atoms with E-state index in [1.165, 1.54) is 6.07 Å². The average molecular weight is 211 g/mol. The Morgan fingerprint density at radius 2 is 2.00 bits per heavy atom. The van der Waals surface area contributed by atoms with Gasteiger partial charge in [0.2, 0.25) is 0 Å². The maximum atomic E-state index is 13.4. The SMILES string of the molecule is Cc1cc(F)c(CC(N)C(=O)O)cc1C. The van der Waals surface area contributed by atoms with Gasteiger partial charge in [-0.05, 0) is 36.6 Å². The van der Waals surface area contributed by atoms with Crippen LogP contribution in [0.3, 0.4) is 0 Å². The smallest absolute Gasteiger partial charge is 0.320 e. The van der Waals surface area contributed by atoms with Crippen molar-refractivity contribution in [2.24, 2.45) is 5.73 Å². The second-order valence-corrected chi connectivity index (χ2v) is 3.68. The zero-order chi connectivity index (χ0) is 11.6. The lowest BCUT2D eigenvalue weighted by atomic mass is 10.0. The van der Waals surface area contributed by atoms with Gasteiger partial charge in [-0.1, -0.05) is 6.07 Å². The first-order chi connectivity index (χ1) is 6.91. The average Bonchev–Trinajstić information content (AvgIpc) is 2.13. The summed E-state index contributed by atoms with van der Waals surface area (Å²) in [6.45, 7) is 3.66. The van der Waals surface area contributed by atoms with Crippen molar-refractivity contribution in [3.05, 3.63) is 34.6 Å². The summed E-state index contributed by atoms with van der Waals surface area (Å²) < 4.78 is 13.4. The zero-order valence-electron chi connectivity index (χ0n) is 8.75. The van der Waals surface area contributed by atoms with Crippen LogP contribution in [0.15, 0.2) is 12.1 Å². The third-order valence-electron chi connectivity index (χ3n) is 2.42. The summed E-state index contributed by atoms with van der Waals surface area (Å²) in [7, 11) is 0. The molecule has 0 amide bonds. The van der Waals surface area contributed by atoms with Crippen LogP contribution in [-0.4, -0.2) is 17.1 Å². The lowest BCUT2D eigenvalue weighted by Crippen LogP contribution is -2.32. The van der Waals surface area contributed by atoms with E-state index in [9.17, 15) is 9.18 Å². The van der Waals surface area contributed by atoms with Gasteiger partial charge < -0.3 is 10.8 Å². The third-order valence-corrected chi connectivity index (χ3v) is 2.42. The zero-order valence-corrected chi connectivity index (χ0v) is 8.75. The first-order valence-corrected chi connectivity index (χ1v) is 4.66. The van der Waals surface area contributed by atoms with E-state index >= 15 is 0 Å². The molecule has 15 heavy (non-hydrogen) atoms. The second-order valence-electron chi connectivity index (χ2n) is 3.68. The van der Waals surface area contributed by atoms with Gasteiger partial charge in [0.05, 0.1) is 0 Å². The van der Waals surface area contributed by atoms with Gasteiger partial charge in [0.1, 0.15) is 11.9 Å². The summed E-state index contributed by atoms with van der Waals surface area (Å²) >= 11 is 0. The number of carboxylic acid groups (broad SMARTS) is 1. The minimum Gasteiger partial charge on any atom is -0.480 e. The number of aliphatic carboxylic acids is 1. The number of hydrogen-bond donors (Lipinski definition) is 2.